The topological polar surface area (TPSA) is 57.7 Å². The van der Waals surface area contributed by atoms with Gasteiger partial charge in [0.25, 0.3) is 5.91 Å². The monoisotopic (exact) mass is 398 g/mol. The number of likely N-dealkylation sites (tertiary alicyclic amines) is 1. The van der Waals surface area contributed by atoms with Gasteiger partial charge in [0.2, 0.25) is 10.0 Å². The molecule has 0 unspecified atom stereocenters. The van der Waals surface area contributed by atoms with Gasteiger partial charge < -0.3 is 4.90 Å². The fraction of sp³-hybridized carbons (Fsp3) is 0.632. The van der Waals surface area contributed by atoms with Gasteiger partial charge in [-0.25, -0.2) is 12.7 Å². The Morgan fingerprint density at radius 2 is 1.85 bits per heavy atom. The van der Waals surface area contributed by atoms with Crippen LogP contribution in [0.15, 0.2) is 24.3 Å². The lowest BCUT2D eigenvalue weighted by Gasteiger charge is -2.22. The Hall–Kier alpha value is -1.11. The van der Waals surface area contributed by atoms with Crippen molar-refractivity contribution in [3.05, 3.63) is 34.9 Å². The second-order valence-electron chi connectivity index (χ2n) is 7.76. The Morgan fingerprint density at radius 1 is 1.19 bits per heavy atom. The second-order valence-corrected chi connectivity index (χ2v) is 10.3. The molecular weight excluding hydrogens is 372 g/mol. The van der Waals surface area contributed by atoms with Crippen molar-refractivity contribution in [2.24, 2.45) is 11.8 Å². The van der Waals surface area contributed by atoms with E-state index in [4.69, 9.17) is 11.6 Å². The summed E-state index contributed by atoms with van der Waals surface area (Å²) in [4.78, 5) is 14.5. The summed E-state index contributed by atoms with van der Waals surface area (Å²) in [6.45, 7) is 6.53. The molecule has 2 aliphatic heterocycles. The summed E-state index contributed by atoms with van der Waals surface area (Å²) < 4.78 is 27.4. The normalized spacial score (nSPS) is 25.9. The van der Waals surface area contributed by atoms with E-state index in [-0.39, 0.29) is 17.1 Å². The summed E-state index contributed by atoms with van der Waals surface area (Å²) in [7, 11) is -3.25. The summed E-state index contributed by atoms with van der Waals surface area (Å²) in [5.41, 5.74) is 0.600. The van der Waals surface area contributed by atoms with Crippen molar-refractivity contribution in [3.63, 3.8) is 0 Å². The zero-order chi connectivity index (χ0) is 18.9. The molecule has 2 heterocycles. The van der Waals surface area contributed by atoms with Crippen LogP contribution in [-0.2, 0) is 10.0 Å². The van der Waals surface area contributed by atoms with Crippen LogP contribution in [0.1, 0.15) is 43.5 Å². The van der Waals surface area contributed by atoms with E-state index in [9.17, 15) is 13.2 Å². The molecule has 0 saturated carbocycles. The highest BCUT2D eigenvalue weighted by Gasteiger charge is 2.46. The number of carbonyl (C=O) groups excluding carboxylic acids is 1. The fourth-order valence-corrected chi connectivity index (χ4v) is 6.27. The number of hydrogen-bond acceptors (Lipinski definition) is 3. The molecule has 0 N–H and O–H groups in total. The predicted octanol–water partition coefficient (Wildman–Crippen LogP) is 3.25. The summed E-state index contributed by atoms with van der Waals surface area (Å²) in [5, 5.41) is 0.247. The average Bonchev–Trinajstić information content (AvgIpc) is 2.74. The smallest absolute Gasteiger partial charge is 0.253 e. The number of benzene rings is 1. The number of carbonyl (C=O) groups is 1. The standard InChI is InChI=1S/C19H27ClN2O3S/c1-14(2)7-12-22-13-16-8-10-21(11-9-18(16)26(22,24)25)19(23)15-3-5-17(20)6-4-15/h3-6,14,16,18H,7-13H2,1-2H3/t16-,18-/m1/s1. The van der Waals surface area contributed by atoms with Crippen LogP contribution in [0.2, 0.25) is 5.02 Å². The van der Waals surface area contributed by atoms with Crippen molar-refractivity contribution in [2.45, 2.75) is 38.4 Å². The third-order valence-corrected chi connectivity index (χ3v) is 8.18. The highest BCUT2D eigenvalue weighted by atomic mass is 35.5. The van der Waals surface area contributed by atoms with Crippen molar-refractivity contribution in [1.82, 2.24) is 9.21 Å². The number of amides is 1. The van der Waals surface area contributed by atoms with E-state index in [1.165, 1.54) is 0 Å². The minimum absolute atomic E-state index is 0.0456. The molecule has 0 radical (unpaired) electrons. The van der Waals surface area contributed by atoms with E-state index in [0.29, 0.717) is 49.1 Å². The Kier molecular flexibility index (Phi) is 5.94. The van der Waals surface area contributed by atoms with Crippen LogP contribution in [0.4, 0.5) is 0 Å². The van der Waals surface area contributed by atoms with Crippen LogP contribution in [0.3, 0.4) is 0 Å². The number of hydrogen-bond donors (Lipinski definition) is 0. The molecule has 2 fully saturated rings. The summed E-state index contributed by atoms with van der Waals surface area (Å²) in [5.74, 6) is 0.564. The lowest BCUT2D eigenvalue weighted by Crippen LogP contribution is -2.35. The van der Waals surface area contributed by atoms with E-state index in [1.807, 2.05) is 0 Å². The second kappa shape index (κ2) is 7.87. The molecular formula is C19H27ClN2O3S. The number of halogens is 1. The molecule has 0 spiro atoms. The van der Waals surface area contributed by atoms with Crippen molar-refractivity contribution < 1.29 is 13.2 Å². The quantitative estimate of drug-likeness (QED) is 0.782. The molecule has 5 nitrogen and oxygen atoms in total. The Labute approximate surface area is 161 Å². The molecule has 144 valence electrons. The average molecular weight is 399 g/mol. The first-order valence-corrected chi connectivity index (χ1v) is 11.2. The Bertz CT molecular complexity index is 749. The number of rotatable bonds is 4. The number of fused-ring (bicyclic) bond motifs is 1. The van der Waals surface area contributed by atoms with Crippen molar-refractivity contribution >= 4 is 27.5 Å². The predicted molar refractivity (Wildman–Crippen MR) is 104 cm³/mol. The number of sulfonamides is 1. The Morgan fingerprint density at radius 3 is 2.50 bits per heavy atom. The first kappa shape index (κ1) is 19.6. The van der Waals surface area contributed by atoms with E-state index in [0.717, 1.165) is 12.8 Å². The molecule has 1 amide bonds. The molecule has 7 heteroatoms. The van der Waals surface area contributed by atoms with Gasteiger partial charge in [0.05, 0.1) is 5.25 Å². The molecule has 3 rings (SSSR count). The van der Waals surface area contributed by atoms with Crippen molar-refractivity contribution in [2.75, 3.05) is 26.2 Å². The van der Waals surface area contributed by atoms with Crippen molar-refractivity contribution in [3.8, 4) is 0 Å². The van der Waals surface area contributed by atoms with E-state index in [1.54, 1.807) is 33.5 Å². The summed E-state index contributed by atoms with van der Waals surface area (Å²) in [6, 6.07) is 6.86. The summed E-state index contributed by atoms with van der Waals surface area (Å²) >= 11 is 5.89. The zero-order valence-electron chi connectivity index (χ0n) is 15.4. The Balaban J connectivity index is 1.67. The first-order chi connectivity index (χ1) is 12.3. The van der Waals surface area contributed by atoms with Crippen LogP contribution in [0.5, 0.6) is 0 Å². The number of nitrogens with zero attached hydrogens (tertiary/aromatic N) is 2. The van der Waals surface area contributed by atoms with Crippen molar-refractivity contribution in [1.29, 1.82) is 0 Å². The van der Waals surface area contributed by atoms with Gasteiger partial charge in [-0.1, -0.05) is 25.4 Å². The summed E-state index contributed by atoms with van der Waals surface area (Å²) in [6.07, 6.45) is 2.14. The van der Waals surface area contributed by atoms with Gasteiger partial charge in [-0.15, -0.1) is 0 Å². The molecule has 2 aliphatic rings. The van der Waals surface area contributed by atoms with Crippen LogP contribution in [-0.4, -0.2) is 55.0 Å². The van der Waals surface area contributed by atoms with E-state index < -0.39 is 10.0 Å². The lowest BCUT2D eigenvalue weighted by atomic mass is 10.0. The van der Waals surface area contributed by atoms with Crippen LogP contribution in [0.25, 0.3) is 0 Å². The maximum atomic E-state index is 12.9. The minimum Gasteiger partial charge on any atom is -0.339 e. The highest BCUT2D eigenvalue weighted by molar-refractivity contribution is 7.90. The maximum Gasteiger partial charge on any atom is 0.253 e. The molecule has 1 aromatic carbocycles. The van der Waals surface area contributed by atoms with Gasteiger partial charge in [-0.05, 0) is 55.4 Å². The van der Waals surface area contributed by atoms with Gasteiger partial charge >= 0.3 is 0 Å². The largest absolute Gasteiger partial charge is 0.339 e. The van der Waals surface area contributed by atoms with E-state index >= 15 is 0 Å². The van der Waals surface area contributed by atoms with Gasteiger partial charge in [0, 0.05) is 36.8 Å². The third-order valence-electron chi connectivity index (χ3n) is 5.49. The van der Waals surface area contributed by atoms with E-state index in [2.05, 4.69) is 13.8 Å². The maximum absolute atomic E-state index is 12.9. The molecule has 2 saturated heterocycles. The van der Waals surface area contributed by atoms with Gasteiger partial charge in [-0.3, -0.25) is 4.79 Å². The van der Waals surface area contributed by atoms with Crippen LogP contribution < -0.4 is 0 Å². The highest BCUT2D eigenvalue weighted by Crippen LogP contribution is 2.35. The van der Waals surface area contributed by atoms with Gasteiger partial charge in [0.15, 0.2) is 0 Å². The fourth-order valence-electron chi connectivity index (χ4n) is 3.89. The van der Waals surface area contributed by atoms with Crippen LogP contribution >= 0.6 is 11.6 Å². The molecule has 0 aromatic heterocycles. The third kappa shape index (κ3) is 4.07. The minimum atomic E-state index is -3.25. The lowest BCUT2D eigenvalue weighted by molar-refractivity contribution is 0.0759. The molecule has 0 bridgehead atoms. The van der Waals surface area contributed by atoms with Gasteiger partial charge in [-0.2, -0.15) is 0 Å². The molecule has 26 heavy (non-hydrogen) atoms. The SMILES string of the molecule is CC(C)CCN1C[C@H]2CCN(C(=O)c3ccc(Cl)cc3)CC[C@H]2S1(=O)=O. The van der Waals surface area contributed by atoms with Crippen LogP contribution in [0, 0.1) is 11.8 Å². The zero-order valence-corrected chi connectivity index (χ0v) is 17.0. The molecule has 2 atom stereocenters. The molecule has 1 aromatic rings. The molecule has 0 aliphatic carbocycles. The van der Waals surface area contributed by atoms with Gasteiger partial charge in [0.1, 0.15) is 0 Å². The first-order valence-electron chi connectivity index (χ1n) is 9.33.